The molecule has 0 aliphatic heterocycles. The molecule has 8 heteroatoms. The molecule has 0 bridgehead atoms. The summed E-state index contributed by atoms with van der Waals surface area (Å²) in [6.45, 7) is 3.92. The molecule has 3 aromatic rings. The maximum atomic E-state index is 13.6. The summed E-state index contributed by atoms with van der Waals surface area (Å²) in [5.41, 5.74) is 1.51. The van der Waals surface area contributed by atoms with Gasteiger partial charge in [0.2, 0.25) is 0 Å². The van der Waals surface area contributed by atoms with Crippen LogP contribution in [0.4, 0.5) is 10.1 Å². The molecule has 0 fully saturated rings. The van der Waals surface area contributed by atoms with Crippen molar-refractivity contribution >= 4 is 57.9 Å². The van der Waals surface area contributed by atoms with Gasteiger partial charge in [-0.05, 0) is 18.2 Å². The maximum Gasteiger partial charge on any atom is 0.147 e. The third-order valence-electron chi connectivity index (χ3n) is 3.34. The summed E-state index contributed by atoms with van der Waals surface area (Å²) in [6, 6.07) is 10.0. The lowest BCUT2D eigenvalue weighted by Crippen LogP contribution is -2.00. The molecule has 0 saturated carbocycles. The van der Waals surface area contributed by atoms with Gasteiger partial charge in [-0.2, -0.15) is 0 Å². The van der Waals surface area contributed by atoms with Gasteiger partial charge in [-0.1, -0.05) is 71.3 Å². The van der Waals surface area contributed by atoms with Gasteiger partial charge in [0.05, 0.1) is 28.1 Å². The Hall–Kier alpha value is -1.79. The molecule has 1 heterocycles. The molecule has 1 N–H and O–H groups in total. The van der Waals surface area contributed by atoms with E-state index < -0.39 is 5.82 Å². The molecular formula is C18H11Cl3FN3S. The van der Waals surface area contributed by atoms with Crippen molar-refractivity contribution in [2.45, 2.75) is 9.92 Å². The van der Waals surface area contributed by atoms with Crippen molar-refractivity contribution in [2.75, 3.05) is 5.32 Å². The first-order valence-electron chi connectivity index (χ1n) is 7.30. The lowest BCUT2D eigenvalue weighted by atomic mass is 10.1. The van der Waals surface area contributed by atoms with Gasteiger partial charge in [-0.25, -0.2) is 14.4 Å². The third-order valence-corrected chi connectivity index (χ3v) is 5.42. The summed E-state index contributed by atoms with van der Waals surface area (Å²) in [5, 5.41) is 4.53. The van der Waals surface area contributed by atoms with E-state index in [2.05, 4.69) is 21.9 Å². The molecule has 3 nitrogen and oxygen atoms in total. The van der Waals surface area contributed by atoms with E-state index in [1.807, 2.05) is 12.1 Å². The topological polar surface area (TPSA) is 37.8 Å². The van der Waals surface area contributed by atoms with E-state index in [0.717, 1.165) is 4.90 Å². The van der Waals surface area contributed by atoms with Crippen molar-refractivity contribution in [1.29, 1.82) is 0 Å². The van der Waals surface area contributed by atoms with Gasteiger partial charge < -0.3 is 5.32 Å². The predicted octanol–water partition coefficient (Wildman–Crippen LogP) is 6.81. The number of hydrogen-bond acceptors (Lipinski definition) is 4. The molecule has 0 aliphatic rings. The van der Waals surface area contributed by atoms with E-state index in [-0.39, 0.29) is 5.02 Å². The SMILES string of the molecule is C=C(Nc1cccc(Sc2cnc(Cl)cn2)c1Cl)c1cccc(F)c1Cl. The lowest BCUT2D eigenvalue weighted by molar-refractivity contribution is 0.628. The Morgan fingerprint density at radius 2 is 1.77 bits per heavy atom. The number of nitrogens with one attached hydrogen (secondary N) is 1. The molecule has 0 unspecified atom stereocenters. The fourth-order valence-electron chi connectivity index (χ4n) is 2.12. The van der Waals surface area contributed by atoms with Crippen LogP contribution in [0.1, 0.15) is 5.56 Å². The van der Waals surface area contributed by atoms with E-state index in [9.17, 15) is 4.39 Å². The minimum Gasteiger partial charge on any atom is -0.354 e. The van der Waals surface area contributed by atoms with Crippen molar-refractivity contribution in [2.24, 2.45) is 0 Å². The largest absolute Gasteiger partial charge is 0.354 e. The average Bonchev–Trinajstić information content (AvgIpc) is 2.62. The van der Waals surface area contributed by atoms with Crippen molar-refractivity contribution in [3.8, 4) is 0 Å². The fraction of sp³-hybridized carbons (Fsp3) is 0. The molecule has 0 radical (unpaired) electrons. The van der Waals surface area contributed by atoms with E-state index in [0.29, 0.717) is 32.1 Å². The quantitative estimate of drug-likeness (QED) is 0.486. The van der Waals surface area contributed by atoms with Gasteiger partial charge >= 0.3 is 0 Å². The first kappa shape index (κ1) is 19.0. The van der Waals surface area contributed by atoms with Crippen LogP contribution >= 0.6 is 46.6 Å². The van der Waals surface area contributed by atoms with Crippen LogP contribution in [0.5, 0.6) is 0 Å². The van der Waals surface area contributed by atoms with Crippen LogP contribution in [0, 0.1) is 5.82 Å². The average molecular weight is 427 g/mol. The highest BCUT2D eigenvalue weighted by Crippen LogP contribution is 2.38. The third kappa shape index (κ3) is 4.30. The van der Waals surface area contributed by atoms with Crippen molar-refractivity contribution in [3.05, 3.63) is 81.9 Å². The highest BCUT2D eigenvalue weighted by Gasteiger charge is 2.13. The molecule has 0 aliphatic carbocycles. The zero-order valence-electron chi connectivity index (χ0n) is 13.1. The fourth-order valence-corrected chi connectivity index (χ4v) is 3.53. The Morgan fingerprint density at radius 3 is 2.50 bits per heavy atom. The number of nitrogens with zero attached hydrogens (tertiary/aromatic N) is 2. The second kappa shape index (κ2) is 8.27. The van der Waals surface area contributed by atoms with Gasteiger partial charge in [0.1, 0.15) is 16.0 Å². The summed E-state index contributed by atoms with van der Waals surface area (Å²) in [7, 11) is 0. The number of anilines is 1. The summed E-state index contributed by atoms with van der Waals surface area (Å²) < 4.78 is 13.6. The molecule has 0 saturated heterocycles. The Balaban J connectivity index is 1.84. The van der Waals surface area contributed by atoms with Crippen molar-refractivity contribution in [1.82, 2.24) is 9.97 Å². The first-order chi connectivity index (χ1) is 12.5. The van der Waals surface area contributed by atoms with Gasteiger partial charge in [-0.3, -0.25) is 0 Å². The standard InChI is InChI=1S/C18H11Cl3FN3S/c1-10(11-4-2-5-12(22)17(11)20)25-13-6-3-7-14(18(13)21)26-16-9-23-15(19)8-24-16/h2-9,25H,1H2. The lowest BCUT2D eigenvalue weighted by Gasteiger charge is -2.14. The number of rotatable bonds is 5. The van der Waals surface area contributed by atoms with Gasteiger partial charge in [0.15, 0.2) is 0 Å². The summed E-state index contributed by atoms with van der Waals surface area (Å²) >= 11 is 19.6. The molecule has 3 rings (SSSR count). The van der Waals surface area contributed by atoms with Crippen LogP contribution in [-0.4, -0.2) is 9.97 Å². The molecule has 2 aromatic carbocycles. The highest BCUT2D eigenvalue weighted by molar-refractivity contribution is 7.99. The normalized spacial score (nSPS) is 10.6. The van der Waals surface area contributed by atoms with Crippen LogP contribution in [0.15, 0.2) is 65.3 Å². The van der Waals surface area contributed by atoms with Crippen LogP contribution in [0.3, 0.4) is 0 Å². The van der Waals surface area contributed by atoms with Crippen molar-refractivity contribution < 1.29 is 4.39 Å². The second-order valence-electron chi connectivity index (χ2n) is 5.10. The molecule has 0 amide bonds. The van der Waals surface area contributed by atoms with Gasteiger partial charge in [0, 0.05) is 16.2 Å². The van der Waals surface area contributed by atoms with Gasteiger partial charge in [-0.15, -0.1) is 0 Å². The number of hydrogen-bond donors (Lipinski definition) is 1. The number of benzene rings is 2. The Labute approximate surface area is 169 Å². The molecular weight excluding hydrogens is 416 g/mol. The van der Waals surface area contributed by atoms with E-state index in [4.69, 9.17) is 34.8 Å². The predicted molar refractivity (Wildman–Crippen MR) is 107 cm³/mol. The molecule has 26 heavy (non-hydrogen) atoms. The summed E-state index contributed by atoms with van der Waals surface area (Å²) in [5.74, 6) is -0.510. The Morgan fingerprint density at radius 1 is 1.00 bits per heavy atom. The monoisotopic (exact) mass is 425 g/mol. The molecule has 1 aromatic heterocycles. The first-order valence-corrected chi connectivity index (χ1v) is 9.25. The highest BCUT2D eigenvalue weighted by atomic mass is 35.5. The smallest absolute Gasteiger partial charge is 0.147 e. The van der Waals surface area contributed by atoms with Crippen LogP contribution in [0.25, 0.3) is 5.70 Å². The van der Waals surface area contributed by atoms with Crippen LogP contribution in [0.2, 0.25) is 15.2 Å². The van der Waals surface area contributed by atoms with Crippen LogP contribution in [-0.2, 0) is 0 Å². The summed E-state index contributed by atoms with van der Waals surface area (Å²) in [4.78, 5) is 8.95. The molecule has 132 valence electrons. The maximum absolute atomic E-state index is 13.6. The Bertz CT molecular complexity index is 964. The minimum atomic E-state index is -0.510. The van der Waals surface area contributed by atoms with Gasteiger partial charge in [0.25, 0.3) is 0 Å². The number of aromatic nitrogens is 2. The molecule has 0 spiro atoms. The zero-order chi connectivity index (χ0) is 18.7. The zero-order valence-corrected chi connectivity index (χ0v) is 16.2. The Kier molecular flexibility index (Phi) is 6.04. The minimum absolute atomic E-state index is 0.00286. The van der Waals surface area contributed by atoms with E-state index in [1.165, 1.54) is 24.0 Å². The number of halogens is 4. The van der Waals surface area contributed by atoms with Crippen molar-refractivity contribution in [3.63, 3.8) is 0 Å². The molecule has 0 atom stereocenters. The van der Waals surface area contributed by atoms with E-state index in [1.54, 1.807) is 24.4 Å². The summed E-state index contributed by atoms with van der Waals surface area (Å²) in [6.07, 6.45) is 3.03. The second-order valence-corrected chi connectivity index (χ2v) is 7.31. The van der Waals surface area contributed by atoms with E-state index >= 15 is 0 Å². The van der Waals surface area contributed by atoms with Crippen LogP contribution < -0.4 is 5.32 Å².